The first-order valence-electron chi connectivity index (χ1n) is 1.97. The second-order valence-electron chi connectivity index (χ2n) is 1.04. The molecule has 0 bridgehead atoms. The van der Waals surface area contributed by atoms with Crippen molar-refractivity contribution >= 4 is 21.1 Å². The first kappa shape index (κ1) is 5.51. The number of rotatable bonds is 2. The van der Waals surface area contributed by atoms with Gasteiger partial charge in [-0.25, -0.2) is 0 Å². The summed E-state index contributed by atoms with van der Waals surface area (Å²) in [5, 5.41) is 0. The van der Waals surface area contributed by atoms with E-state index in [1.165, 1.54) is 6.04 Å². The summed E-state index contributed by atoms with van der Waals surface area (Å²) >= 11 is 5.36. The van der Waals surface area contributed by atoms with Crippen LogP contribution >= 0.6 is 11.6 Å². The minimum atomic E-state index is 0.198. The van der Waals surface area contributed by atoms with Gasteiger partial charge in [0.25, 0.3) is 0 Å². The van der Waals surface area contributed by atoms with Crippen LogP contribution in [0.2, 0.25) is 6.04 Å². The van der Waals surface area contributed by atoms with Crippen LogP contribution in [0.15, 0.2) is 0 Å². The molecule has 2 heteroatoms. The lowest BCUT2D eigenvalue weighted by Crippen LogP contribution is -1.84. The van der Waals surface area contributed by atoms with Crippen LogP contribution in [0.1, 0.15) is 6.92 Å². The standard InChI is InChI=1S/C3H9ClSi/c1-2-5-3-4/h2-3,5H2,1H3. The zero-order valence-corrected chi connectivity index (χ0v) is 5.67. The molecule has 0 aliphatic rings. The molecule has 0 radical (unpaired) electrons. The summed E-state index contributed by atoms with van der Waals surface area (Å²) in [7, 11) is 0.198. The molecule has 5 heavy (non-hydrogen) atoms. The Morgan fingerprint density at radius 3 is 2.40 bits per heavy atom. The number of alkyl halides is 1. The van der Waals surface area contributed by atoms with E-state index in [9.17, 15) is 0 Å². The van der Waals surface area contributed by atoms with E-state index in [0.29, 0.717) is 0 Å². The maximum atomic E-state index is 5.36. The van der Waals surface area contributed by atoms with Crippen LogP contribution in [0.4, 0.5) is 0 Å². The zero-order valence-electron chi connectivity index (χ0n) is 3.50. The van der Waals surface area contributed by atoms with Crippen molar-refractivity contribution in [3.05, 3.63) is 0 Å². The Bertz CT molecular complexity index is 14.4. The molecule has 32 valence electrons. The number of hydrogen-bond donors (Lipinski definition) is 0. The molecule has 0 saturated heterocycles. The Kier molecular flexibility index (Phi) is 4.96. The van der Waals surface area contributed by atoms with Crippen LogP contribution in [0, 0.1) is 0 Å². The lowest BCUT2D eigenvalue weighted by atomic mass is 11.0. The van der Waals surface area contributed by atoms with Gasteiger partial charge in [0.1, 0.15) is 0 Å². The predicted molar refractivity (Wildman–Crippen MR) is 29.7 cm³/mol. The highest BCUT2D eigenvalue weighted by Crippen LogP contribution is 1.74. The summed E-state index contributed by atoms with van der Waals surface area (Å²) in [5.74, 6) is 0. The van der Waals surface area contributed by atoms with Gasteiger partial charge in [-0.3, -0.25) is 0 Å². The second-order valence-corrected chi connectivity index (χ2v) is 4.26. The van der Waals surface area contributed by atoms with E-state index in [-0.39, 0.29) is 9.52 Å². The first-order chi connectivity index (χ1) is 2.41. The molecular weight excluding hydrogens is 99.6 g/mol. The highest BCUT2D eigenvalue weighted by atomic mass is 35.5. The van der Waals surface area contributed by atoms with Gasteiger partial charge in [0.2, 0.25) is 0 Å². The van der Waals surface area contributed by atoms with Gasteiger partial charge < -0.3 is 0 Å². The average molecular weight is 109 g/mol. The largest absolute Gasteiger partial charge is 0.131 e. The fraction of sp³-hybridized carbons (Fsp3) is 1.00. The normalized spacial score (nSPS) is 10.8. The molecule has 0 atom stereocenters. The van der Waals surface area contributed by atoms with Crippen molar-refractivity contribution in [2.24, 2.45) is 0 Å². The van der Waals surface area contributed by atoms with Gasteiger partial charge in [-0.2, -0.15) is 0 Å². The van der Waals surface area contributed by atoms with Gasteiger partial charge in [0.05, 0.1) is 0 Å². The summed E-state index contributed by atoms with van der Waals surface area (Å²) in [6, 6.07) is 1.35. The van der Waals surface area contributed by atoms with Gasteiger partial charge in [0.15, 0.2) is 0 Å². The fourth-order valence-electron chi connectivity index (χ4n) is 0.134. The minimum Gasteiger partial charge on any atom is -0.131 e. The molecular formula is C3H9ClSi. The molecule has 0 N–H and O–H groups in total. The Balaban J connectivity index is 2.19. The summed E-state index contributed by atoms with van der Waals surface area (Å²) in [6.07, 6.45) is 0. The molecule has 0 heterocycles. The molecule has 0 aromatic rings. The van der Waals surface area contributed by atoms with Crippen LogP contribution in [0.5, 0.6) is 0 Å². The molecule has 0 saturated carbocycles. The lowest BCUT2D eigenvalue weighted by molar-refractivity contribution is 1.45. The first-order valence-corrected chi connectivity index (χ1v) is 4.51. The zero-order chi connectivity index (χ0) is 4.12. The number of hydrogen-bond acceptors (Lipinski definition) is 0. The van der Waals surface area contributed by atoms with Crippen molar-refractivity contribution in [1.29, 1.82) is 0 Å². The van der Waals surface area contributed by atoms with Crippen molar-refractivity contribution < 1.29 is 0 Å². The molecule has 0 aromatic carbocycles. The lowest BCUT2D eigenvalue weighted by Gasteiger charge is -1.75. The van der Waals surface area contributed by atoms with Gasteiger partial charge in [-0.15, -0.1) is 11.6 Å². The van der Waals surface area contributed by atoms with Crippen molar-refractivity contribution in [2.45, 2.75) is 13.0 Å². The highest BCUT2D eigenvalue weighted by molar-refractivity contribution is 6.50. The number of halogens is 1. The topological polar surface area (TPSA) is 0 Å². The van der Waals surface area contributed by atoms with Crippen molar-refractivity contribution in [1.82, 2.24) is 0 Å². The Morgan fingerprint density at radius 1 is 1.80 bits per heavy atom. The third-order valence-corrected chi connectivity index (χ3v) is 2.26. The minimum absolute atomic E-state index is 0.198. The molecule has 0 spiro atoms. The fourth-order valence-corrected chi connectivity index (χ4v) is 1.20. The van der Waals surface area contributed by atoms with Crippen molar-refractivity contribution in [3.8, 4) is 0 Å². The SMILES string of the molecule is CC[SiH2]CCl. The van der Waals surface area contributed by atoms with E-state index < -0.39 is 0 Å². The van der Waals surface area contributed by atoms with E-state index in [1.807, 2.05) is 0 Å². The van der Waals surface area contributed by atoms with Crippen LogP contribution < -0.4 is 0 Å². The van der Waals surface area contributed by atoms with E-state index in [1.54, 1.807) is 0 Å². The monoisotopic (exact) mass is 108 g/mol. The van der Waals surface area contributed by atoms with Gasteiger partial charge in [0, 0.05) is 15.0 Å². The van der Waals surface area contributed by atoms with Gasteiger partial charge >= 0.3 is 0 Å². The summed E-state index contributed by atoms with van der Waals surface area (Å²) < 4.78 is 0. The van der Waals surface area contributed by atoms with Crippen LogP contribution in [0.3, 0.4) is 0 Å². The molecule has 0 aliphatic heterocycles. The quantitative estimate of drug-likeness (QED) is 0.363. The third kappa shape index (κ3) is 4.51. The smallest absolute Gasteiger partial charge is 0.0376 e. The maximum absolute atomic E-state index is 5.36. The molecule has 0 amide bonds. The van der Waals surface area contributed by atoms with Gasteiger partial charge in [-0.05, 0) is 0 Å². The molecule has 0 nitrogen and oxygen atoms in total. The molecule has 0 aromatic heterocycles. The summed E-state index contributed by atoms with van der Waals surface area (Å²) in [6.45, 7) is 2.19. The summed E-state index contributed by atoms with van der Waals surface area (Å²) in [4.78, 5) is 0. The van der Waals surface area contributed by atoms with Crippen molar-refractivity contribution in [2.75, 3.05) is 5.50 Å². The molecule has 0 rings (SSSR count). The summed E-state index contributed by atoms with van der Waals surface area (Å²) in [5.41, 5.74) is 0.955. The van der Waals surface area contributed by atoms with Crippen LogP contribution in [-0.2, 0) is 0 Å². The van der Waals surface area contributed by atoms with Gasteiger partial charge in [-0.1, -0.05) is 13.0 Å². The highest BCUT2D eigenvalue weighted by Gasteiger charge is 1.72. The van der Waals surface area contributed by atoms with Crippen LogP contribution in [0.25, 0.3) is 0 Å². The second kappa shape index (κ2) is 4.51. The Hall–Kier alpha value is 0.507. The Morgan fingerprint density at radius 2 is 2.40 bits per heavy atom. The predicted octanol–water partition coefficient (Wildman–Crippen LogP) is 0.790. The molecule has 0 aliphatic carbocycles. The van der Waals surface area contributed by atoms with E-state index in [4.69, 9.17) is 11.6 Å². The van der Waals surface area contributed by atoms with E-state index in [2.05, 4.69) is 6.92 Å². The molecule has 0 unspecified atom stereocenters. The van der Waals surface area contributed by atoms with Crippen LogP contribution in [-0.4, -0.2) is 15.0 Å². The maximum Gasteiger partial charge on any atom is 0.0376 e. The van der Waals surface area contributed by atoms with E-state index in [0.717, 1.165) is 5.50 Å². The third-order valence-electron chi connectivity index (χ3n) is 0.487. The van der Waals surface area contributed by atoms with E-state index >= 15 is 0 Å². The molecule has 0 fully saturated rings. The van der Waals surface area contributed by atoms with Crippen molar-refractivity contribution in [3.63, 3.8) is 0 Å². The average Bonchev–Trinajstić information content (AvgIpc) is 1.41. The Labute approximate surface area is 40.3 Å².